The predicted molar refractivity (Wildman–Crippen MR) is 93.3 cm³/mol. The molecule has 0 spiro atoms. The fourth-order valence-corrected chi connectivity index (χ4v) is 2.93. The first-order chi connectivity index (χ1) is 11.7. The number of para-hydroxylation sites is 1. The molecule has 0 radical (unpaired) electrons. The third-order valence-electron chi connectivity index (χ3n) is 4.01. The summed E-state index contributed by atoms with van der Waals surface area (Å²) in [6.07, 6.45) is 0. The van der Waals surface area contributed by atoms with Crippen LogP contribution in [0.5, 0.6) is 0 Å². The third kappa shape index (κ3) is 2.40. The Kier molecular flexibility index (Phi) is 3.47. The van der Waals surface area contributed by atoms with Gasteiger partial charge in [0.1, 0.15) is 11.4 Å². The molecule has 2 nitrogen and oxygen atoms in total. The molecule has 1 aromatic heterocycles. The molecule has 3 aromatic carbocycles. The molecule has 0 unspecified atom stereocenters. The van der Waals surface area contributed by atoms with Crippen LogP contribution in [-0.2, 0) is 0 Å². The fourth-order valence-electron chi connectivity index (χ4n) is 2.93. The molecule has 0 atom stereocenters. The standard InChI is InChI=1S/C21H13FO2/c22-16-12-10-15(11-13-16)19-17-8-4-5-9-18(17)24-21(23)20(19)14-6-2-1-3-7-14/h1-13H. The van der Waals surface area contributed by atoms with E-state index < -0.39 is 5.63 Å². The van der Waals surface area contributed by atoms with Crippen molar-refractivity contribution in [2.75, 3.05) is 0 Å². The summed E-state index contributed by atoms with van der Waals surface area (Å²) >= 11 is 0. The third-order valence-corrected chi connectivity index (χ3v) is 4.01. The summed E-state index contributed by atoms with van der Waals surface area (Å²) in [5.41, 5.74) is 2.91. The zero-order valence-electron chi connectivity index (χ0n) is 12.7. The van der Waals surface area contributed by atoms with Crippen molar-refractivity contribution in [2.24, 2.45) is 0 Å². The van der Waals surface area contributed by atoms with Gasteiger partial charge in [-0.25, -0.2) is 9.18 Å². The van der Waals surface area contributed by atoms with Gasteiger partial charge in [-0.1, -0.05) is 60.7 Å². The Bertz CT molecular complexity index is 1060. The van der Waals surface area contributed by atoms with Gasteiger partial charge in [-0.05, 0) is 29.3 Å². The minimum absolute atomic E-state index is 0.313. The molecule has 1 heterocycles. The van der Waals surface area contributed by atoms with E-state index >= 15 is 0 Å². The molecule has 4 aromatic rings. The van der Waals surface area contributed by atoms with Crippen LogP contribution in [0.4, 0.5) is 4.39 Å². The maximum Gasteiger partial charge on any atom is 0.344 e. The van der Waals surface area contributed by atoms with E-state index in [-0.39, 0.29) is 5.82 Å². The van der Waals surface area contributed by atoms with Gasteiger partial charge in [-0.2, -0.15) is 0 Å². The summed E-state index contributed by atoms with van der Waals surface area (Å²) in [6, 6.07) is 22.9. The predicted octanol–water partition coefficient (Wildman–Crippen LogP) is 5.27. The fraction of sp³-hybridized carbons (Fsp3) is 0. The number of hydrogen-bond acceptors (Lipinski definition) is 2. The average molecular weight is 316 g/mol. The van der Waals surface area contributed by atoms with E-state index in [1.54, 1.807) is 18.2 Å². The largest absolute Gasteiger partial charge is 0.422 e. The van der Waals surface area contributed by atoms with Gasteiger partial charge in [0.2, 0.25) is 0 Å². The van der Waals surface area contributed by atoms with Gasteiger partial charge in [0, 0.05) is 10.9 Å². The molecular formula is C21H13FO2. The highest BCUT2D eigenvalue weighted by molar-refractivity contribution is 6.00. The highest BCUT2D eigenvalue weighted by Crippen LogP contribution is 2.35. The van der Waals surface area contributed by atoms with Crippen molar-refractivity contribution < 1.29 is 8.81 Å². The van der Waals surface area contributed by atoms with E-state index in [2.05, 4.69) is 0 Å². The molecule has 0 aliphatic heterocycles. The number of rotatable bonds is 2. The lowest BCUT2D eigenvalue weighted by Crippen LogP contribution is -2.06. The van der Waals surface area contributed by atoms with Gasteiger partial charge in [0.25, 0.3) is 0 Å². The lowest BCUT2D eigenvalue weighted by molar-refractivity contribution is 0.564. The van der Waals surface area contributed by atoms with Crippen LogP contribution < -0.4 is 5.63 Å². The Balaban J connectivity index is 2.15. The first-order valence-corrected chi connectivity index (χ1v) is 7.61. The molecule has 0 amide bonds. The monoisotopic (exact) mass is 316 g/mol. The van der Waals surface area contributed by atoms with Gasteiger partial charge < -0.3 is 4.42 Å². The van der Waals surface area contributed by atoms with Crippen LogP contribution >= 0.6 is 0 Å². The normalized spacial score (nSPS) is 10.9. The average Bonchev–Trinajstić information content (AvgIpc) is 2.62. The molecule has 4 rings (SSSR count). The summed E-state index contributed by atoms with van der Waals surface area (Å²) in [6.45, 7) is 0. The summed E-state index contributed by atoms with van der Waals surface area (Å²) in [5.74, 6) is -0.313. The van der Waals surface area contributed by atoms with Crippen LogP contribution in [-0.4, -0.2) is 0 Å². The summed E-state index contributed by atoms with van der Waals surface area (Å²) in [4.78, 5) is 12.7. The van der Waals surface area contributed by atoms with E-state index in [0.29, 0.717) is 11.1 Å². The molecule has 0 N–H and O–H groups in total. The number of benzene rings is 3. The van der Waals surface area contributed by atoms with E-state index in [9.17, 15) is 9.18 Å². The van der Waals surface area contributed by atoms with E-state index in [0.717, 1.165) is 22.1 Å². The van der Waals surface area contributed by atoms with Gasteiger partial charge in [-0.15, -0.1) is 0 Å². The zero-order valence-corrected chi connectivity index (χ0v) is 12.7. The highest BCUT2D eigenvalue weighted by atomic mass is 19.1. The van der Waals surface area contributed by atoms with E-state index in [1.165, 1.54) is 12.1 Å². The van der Waals surface area contributed by atoms with Crippen molar-refractivity contribution in [3.63, 3.8) is 0 Å². The molecule has 116 valence electrons. The molecule has 0 fully saturated rings. The minimum atomic E-state index is -0.403. The maximum atomic E-state index is 13.3. The lowest BCUT2D eigenvalue weighted by Gasteiger charge is -2.12. The molecule has 0 aliphatic carbocycles. The first kappa shape index (κ1) is 14.4. The van der Waals surface area contributed by atoms with Crippen molar-refractivity contribution in [3.8, 4) is 22.3 Å². The molecular weight excluding hydrogens is 303 g/mol. The smallest absolute Gasteiger partial charge is 0.344 e. The molecule has 0 aliphatic rings. The Hall–Kier alpha value is -3.20. The number of halogens is 1. The lowest BCUT2D eigenvalue weighted by atomic mass is 9.93. The van der Waals surface area contributed by atoms with Crippen LogP contribution in [0, 0.1) is 5.82 Å². The Morgan fingerprint density at radius 3 is 2.04 bits per heavy atom. The summed E-state index contributed by atoms with van der Waals surface area (Å²) in [5, 5.41) is 0.822. The zero-order chi connectivity index (χ0) is 16.5. The van der Waals surface area contributed by atoms with Gasteiger partial charge in [0.05, 0.1) is 5.56 Å². The Morgan fingerprint density at radius 1 is 0.667 bits per heavy atom. The van der Waals surface area contributed by atoms with Crippen molar-refractivity contribution >= 4 is 11.0 Å². The maximum absolute atomic E-state index is 13.3. The van der Waals surface area contributed by atoms with Crippen LogP contribution in [0.1, 0.15) is 0 Å². The van der Waals surface area contributed by atoms with Crippen LogP contribution in [0.2, 0.25) is 0 Å². The number of hydrogen-bond donors (Lipinski definition) is 0. The quantitative estimate of drug-likeness (QED) is 0.472. The molecule has 0 saturated carbocycles. The molecule has 24 heavy (non-hydrogen) atoms. The van der Waals surface area contributed by atoms with Gasteiger partial charge in [0.15, 0.2) is 0 Å². The minimum Gasteiger partial charge on any atom is -0.422 e. The second-order valence-corrected chi connectivity index (χ2v) is 5.51. The van der Waals surface area contributed by atoms with E-state index in [1.807, 2.05) is 48.5 Å². The van der Waals surface area contributed by atoms with E-state index in [4.69, 9.17) is 4.42 Å². The van der Waals surface area contributed by atoms with Crippen molar-refractivity contribution in [1.82, 2.24) is 0 Å². The summed E-state index contributed by atoms with van der Waals surface area (Å²) < 4.78 is 18.8. The SMILES string of the molecule is O=c1oc2ccccc2c(-c2ccc(F)cc2)c1-c1ccccc1. The van der Waals surface area contributed by atoms with Crippen LogP contribution in [0.25, 0.3) is 33.2 Å². The van der Waals surface area contributed by atoms with Crippen LogP contribution in [0.3, 0.4) is 0 Å². The Labute approximate surface area is 137 Å². The second kappa shape index (κ2) is 5.78. The first-order valence-electron chi connectivity index (χ1n) is 7.61. The van der Waals surface area contributed by atoms with Crippen molar-refractivity contribution in [3.05, 3.63) is 95.1 Å². The topological polar surface area (TPSA) is 30.2 Å². The molecule has 0 saturated heterocycles. The summed E-state index contributed by atoms with van der Waals surface area (Å²) in [7, 11) is 0. The molecule has 0 bridgehead atoms. The highest BCUT2D eigenvalue weighted by Gasteiger charge is 2.17. The second-order valence-electron chi connectivity index (χ2n) is 5.51. The number of fused-ring (bicyclic) bond motifs is 1. The Morgan fingerprint density at radius 2 is 1.29 bits per heavy atom. The van der Waals surface area contributed by atoms with Gasteiger partial charge in [-0.3, -0.25) is 0 Å². The van der Waals surface area contributed by atoms with Crippen molar-refractivity contribution in [2.45, 2.75) is 0 Å². The molecule has 3 heteroatoms. The van der Waals surface area contributed by atoms with Crippen LogP contribution in [0.15, 0.2) is 88.1 Å². The van der Waals surface area contributed by atoms with Crippen molar-refractivity contribution in [1.29, 1.82) is 0 Å². The van der Waals surface area contributed by atoms with Gasteiger partial charge >= 0.3 is 5.63 Å².